The lowest BCUT2D eigenvalue weighted by molar-refractivity contribution is 0.102. The second-order valence-electron chi connectivity index (χ2n) is 5.13. The van der Waals surface area contributed by atoms with Crippen LogP contribution in [-0.4, -0.2) is 32.4 Å². The van der Waals surface area contributed by atoms with Crippen LogP contribution in [0, 0.1) is 0 Å². The van der Waals surface area contributed by atoms with Crippen LogP contribution in [0.4, 0.5) is 5.69 Å². The Morgan fingerprint density at radius 3 is 2.46 bits per heavy atom. The second kappa shape index (κ2) is 7.27. The van der Waals surface area contributed by atoms with E-state index in [1.165, 1.54) is 17.3 Å². The van der Waals surface area contributed by atoms with Crippen LogP contribution >= 0.6 is 11.8 Å². The van der Waals surface area contributed by atoms with Gasteiger partial charge in [0.1, 0.15) is 0 Å². The van der Waals surface area contributed by atoms with E-state index in [0.717, 1.165) is 17.8 Å². The molecule has 2 aromatic carbocycles. The van der Waals surface area contributed by atoms with Crippen molar-refractivity contribution >= 4 is 23.4 Å². The number of nitrogens with one attached hydrogen (secondary N) is 1. The van der Waals surface area contributed by atoms with Crippen molar-refractivity contribution in [2.45, 2.75) is 18.5 Å². The van der Waals surface area contributed by atoms with Crippen molar-refractivity contribution in [1.29, 1.82) is 0 Å². The number of carbonyl (C=O) groups is 1. The van der Waals surface area contributed by atoms with Gasteiger partial charge in [0.05, 0.1) is 5.69 Å². The van der Waals surface area contributed by atoms with Gasteiger partial charge in [-0.2, -0.15) is 4.68 Å². The standard InChI is InChI=1S/C17H17N5OS/c1-3-12-4-8-14(9-5-12)18-16(23)13-6-10-15(11-7-13)22-17(24-2)19-20-21-22/h4-11H,3H2,1-2H3,(H,18,23). The average molecular weight is 339 g/mol. The fourth-order valence-corrected chi connectivity index (χ4v) is 2.68. The maximum Gasteiger partial charge on any atom is 0.255 e. The summed E-state index contributed by atoms with van der Waals surface area (Å²) in [6.07, 6.45) is 2.89. The monoisotopic (exact) mass is 339 g/mol. The highest BCUT2D eigenvalue weighted by Gasteiger charge is 2.09. The number of tetrazole rings is 1. The lowest BCUT2D eigenvalue weighted by Gasteiger charge is -2.07. The zero-order valence-corrected chi connectivity index (χ0v) is 14.2. The van der Waals surface area contributed by atoms with Gasteiger partial charge in [-0.1, -0.05) is 30.8 Å². The SMILES string of the molecule is CCc1ccc(NC(=O)c2ccc(-n3nnnc3SC)cc2)cc1. The number of thioether (sulfide) groups is 1. The molecule has 3 rings (SSSR count). The number of amides is 1. The van der Waals surface area contributed by atoms with Gasteiger partial charge >= 0.3 is 0 Å². The summed E-state index contributed by atoms with van der Waals surface area (Å²) < 4.78 is 1.63. The van der Waals surface area contributed by atoms with E-state index in [1.54, 1.807) is 16.8 Å². The first-order valence-corrected chi connectivity index (χ1v) is 8.77. The molecule has 0 atom stereocenters. The highest BCUT2D eigenvalue weighted by Crippen LogP contribution is 2.17. The summed E-state index contributed by atoms with van der Waals surface area (Å²) >= 11 is 1.46. The molecule has 0 spiro atoms. The quantitative estimate of drug-likeness (QED) is 0.723. The Morgan fingerprint density at radius 2 is 1.83 bits per heavy atom. The van der Waals surface area contributed by atoms with E-state index >= 15 is 0 Å². The number of hydrogen-bond donors (Lipinski definition) is 1. The number of hydrogen-bond acceptors (Lipinski definition) is 5. The number of benzene rings is 2. The Kier molecular flexibility index (Phi) is 4.90. The predicted octanol–water partition coefficient (Wildman–Crippen LogP) is 3.20. The van der Waals surface area contributed by atoms with E-state index in [9.17, 15) is 4.79 Å². The van der Waals surface area contributed by atoms with Crippen LogP contribution in [0.2, 0.25) is 0 Å². The third-order valence-electron chi connectivity index (χ3n) is 3.62. The molecular weight excluding hydrogens is 322 g/mol. The molecule has 7 heteroatoms. The summed E-state index contributed by atoms with van der Waals surface area (Å²) in [4.78, 5) is 12.3. The Bertz CT molecular complexity index is 827. The van der Waals surface area contributed by atoms with Gasteiger partial charge in [-0.3, -0.25) is 4.79 Å². The smallest absolute Gasteiger partial charge is 0.255 e. The molecule has 1 amide bonds. The molecule has 0 bridgehead atoms. The van der Waals surface area contributed by atoms with Crippen LogP contribution in [0.25, 0.3) is 5.69 Å². The maximum absolute atomic E-state index is 12.3. The van der Waals surface area contributed by atoms with Crippen molar-refractivity contribution < 1.29 is 4.79 Å². The van der Waals surface area contributed by atoms with E-state index in [1.807, 2.05) is 42.7 Å². The average Bonchev–Trinajstić information content (AvgIpc) is 3.11. The van der Waals surface area contributed by atoms with E-state index in [2.05, 4.69) is 27.8 Å². The van der Waals surface area contributed by atoms with Gasteiger partial charge < -0.3 is 5.32 Å². The Morgan fingerprint density at radius 1 is 1.12 bits per heavy atom. The topological polar surface area (TPSA) is 72.7 Å². The second-order valence-corrected chi connectivity index (χ2v) is 5.90. The first-order chi connectivity index (χ1) is 11.7. The molecule has 1 aromatic heterocycles. The number of nitrogens with zero attached hydrogens (tertiary/aromatic N) is 4. The van der Waals surface area contributed by atoms with Gasteiger partial charge in [0, 0.05) is 11.3 Å². The fourth-order valence-electron chi connectivity index (χ4n) is 2.25. The lowest BCUT2D eigenvalue weighted by atomic mass is 10.1. The minimum absolute atomic E-state index is 0.146. The first-order valence-electron chi connectivity index (χ1n) is 7.54. The highest BCUT2D eigenvalue weighted by molar-refractivity contribution is 7.98. The number of aromatic nitrogens is 4. The number of carbonyl (C=O) groups excluding carboxylic acids is 1. The summed E-state index contributed by atoms with van der Waals surface area (Å²) in [6.45, 7) is 2.10. The molecule has 0 aliphatic carbocycles. The molecule has 6 nitrogen and oxygen atoms in total. The third-order valence-corrected chi connectivity index (χ3v) is 4.24. The Labute approximate surface area is 144 Å². The minimum atomic E-state index is -0.146. The van der Waals surface area contributed by atoms with E-state index in [-0.39, 0.29) is 5.91 Å². The predicted molar refractivity (Wildman–Crippen MR) is 94.7 cm³/mol. The number of anilines is 1. The van der Waals surface area contributed by atoms with Gasteiger partial charge in [0.2, 0.25) is 5.16 Å². The zero-order valence-electron chi connectivity index (χ0n) is 13.4. The van der Waals surface area contributed by atoms with Gasteiger partial charge in [0.15, 0.2) is 0 Å². The van der Waals surface area contributed by atoms with Gasteiger partial charge in [-0.25, -0.2) is 0 Å². The van der Waals surface area contributed by atoms with E-state index in [4.69, 9.17) is 0 Å². The van der Waals surface area contributed by atoms with Crippen molar-refractivity contribution in [2.24, 2.45) is 0 Å². The van der Waals surface area contributed by atoms with Crippen LogP contribution in [0.15, 0.2) is 53.7 Å². The zero-order chi connectivity index (χ0) is 16.9. The molecule has 1 N–H and O–H groups in total. The van der Waals surface area contributed by atoms with Crippen molar-refractivity contribution in [3.8, 4) is 5.69 Å². The molecule has 0 radical (unpaired) electrons. The Hall–Kier alpha value is -2.67. The molecule has 0 aliphatic heterocycles. The van der Waals surface area contributed by atoms with Crippen LogP contribution in [0.5, 0.6) is 0 Å². The Balaban J connectivity index is 1.73. The number of aryl methyl sites for hydroxylation is 1. The lowest BCUT2D eigenvalue weighted by Crippen LogP contribution is -2.12. The molecule has 24 heavy (non-hydrogen) atoms. The van der Waals surface area contributed by atoms with Crippen molar-refractivity contribution in [2.75, 3.05) is 11.6 Å². The molecule has 0 aliphatic rings. The number of rotatable bonds is 5. The minimum Gasteiger partial charge on any atom is -0.322 e. The normalized spacial score (nSPS) is 10.6. The third kappa shape index (κ3) is 3.46. The maximum atomic E-state index is 12.3. The summed E-state index contributed by atoms with van der Waals surface area (Å²) in [5.41, 5.74) is 3.42. The van der Waals surface area contributed by atoms with E-state index < -0.39 is 0 Å². The molecule has 0 fully saturated rings. The van der Waals surface area contributed by atoms with Crippen LogP contribution in [0.3, 0.4) is 0 Å². The van der Waals surface area contributed by atoms with Crippen molar-refractivity contribution in [3.63, 3.8) is 0 Å². The van der Waals surface area contributed by atoms with Crippen LogP contribution < -0.4 is 5.32 Å². The summed E-state index contributed by atoms with van der Waals surface area (Å²) in [7, 11) is 0. The van der Waals surface area contributed by atoms with E-state index in [0.29, 0.717) is 10.7 Å². The molecule has 0 saturated carbocycles. The van der Waals surface area contributed by atoms with Crippen LogP contribution in [-0.2, 0) is 6.42 Å². The largest absolute Gasteiger partial charge is 0.322 e. The molecular formula is C17H17N5OS. The molecule has 1 heterocycles. The molecule has 0 saturated heterocycles. The fraction of sp³-hybridized carbons (Fsp3) is 0.176. The summed E-state index contributed by atoms with van der Waals surface area (Å²) in [6, 6.07) is 15.0. The van der Waals surface area contributed by atoms with Gasteiger partial charge in [-0.05, 0) is 65.1 Å². The molecule has 0 unspecified atom stereocenters. The summed E-state index contributed by atoms with van der Waals surface area (Å²) in [5.74, 6) is -0.146. The van der Waals surface area contributed by atoms with Crippen molar-refractivity contribution in [3.05, 3.63) is 59.7 Å². The molecule has 3 aromatic rings. The molecule has 122 valence electrons. The van der Waals surface area contributed by atoms with Gasteiger partial charge in [0.25, 0.3) is 5.91 Å². The summed E-state index contributed by atoms with van der Waals surface area (Å²) in [5, 5.41) is 15.1. The van der Waals surface area contributed by atoms with Crippen LogP contribution in [0.1, 0.15) is 22.8 Å². The first kappa shape index (κ1) is 16.2. The van der Waals surface area contributed by atoms with Gasteiger partial charge in [-0.15, -0.1) is 5.10 Å². The highest BCUT2D eigenvalue weighted by atomic mass is 32.2. The van der Waals surface area contributed by atoms with Crippen molar-refractivity contribution in [1.82, 2.24) is 20.2 Å².